The van der Waals surface area contributed by atoms with E-state index in [2.05, 4.69) is 27.9 Å². The third-order valence-electron chi connectivity index (χ3n) is 9.90. The molecule has 0 bridgehead atoms. The second-order valence-corrected chi connectivity index (χ2v) is 16.4. The topological polar surface area (TPSA) is 165 Å². The van der Waals surface area contributed by atoms with Crippen LogP contribution in [0, 0.1) is 5.92 Å². The van der Waals surface area contributed by atoms with Crippen molar-refractivity contribution in [2.45, 2.75) is 71.8 Å². The van der Waals surface area contributed by atoms with Crippen molar-refractivity contribution < 1.29 is 37.6 Å². The Hall–Kier alpha value is -5.98. The van der Waals surface area contributed by atoms with E-state index in [0.29, 0.717) is 36.1 Å². The smallest absolute Gasteiger partial charge is 0.340 e. The molecule has 0 saturated heterocycles. The molecule has 14 heteroatoms. The number of hydrogen-bond acceptors (Lipinski definition) is 9. The average Bonchev–Trinajstić information content (AvgIpc) is 3.31. The van der Waals surface area contributed by atoms with Gasteiger partial charge in [-0.2, -0.15) is 0 Å². The maximum atomic E-state index is 13.8. The molecule has 0 aliphatic rings. The zero-order valence-corrected chi connectivity index (χ0v) is 35.5. The summed E-state index contributed by atoms with van der Waals surface area (Å²) in [4.78, 5) is 62.6. The van der Waals surface area contributed by atoms with Crippen molar-refractivity contribution in [3.63, 3.8) is 0 Å². The van der Waals surface area contributed by atoms with Crippen LogP contribution in [0.5, 0.6) is 0 Å². The number of carbonyl (C=O) groups excluding carboxylic acids is 4. The Bertz CT molecular complexity index is 2130. The van der Waals surface area contributed by atoms with Crippen molar-refractivity contribution in [3.05, 3.63) is 161 Å². The van der Waals surface area contributed by atoms with Gasteiger partial charge in [0.2, 0.25) is 12.3 Å². The first-order valence-electron chi connectivity index (χ1n) is 20.5. The van der Waals surface area contributed by atoms with Gasteiger partial charge in [-0.15, -0.1) is 0 Å². The highest BCUT2D eigenvalue weighted by molar-refractivity contribution is 7.53. The highest BCUT2D eigenvalue weighted by Crippen LogP contribution is 2.48. The molecule has 0 spiro atoms. The van der Waals surface area contributed by atoms with Crippen LogP contribution < -0.4 is 16.0 Å². The van der Waals surface area contributed by atoms with Crippen LogP contribution in [0.4, 0.5) is 0 Å². The lowest BCUT2D eigenvalue weighted by atomic mass is 9.90. The fraction of sp³-hybridized carbons (Fsp3) is 0.298. The van der Waals surface area contributed by atoms with Crippen LogP contribution in [0.25, 0.3) is 11.3 Å². The van der Waals surface area contributed by atoms with E-state index < -0.39 is 31.4 Å². The second kappa shape index (κ2) is 24.3. The molecule has 320 valence electrons. The van der Waals surface area contributed by atoms with E-state index in [1.165, 1.54) is 5.06 Å². The lowest BCUT2D eigenvalue weighted by molar-refractivity contribution is -0.200. The molecule has 1 aromatic heterocycles. The second-order valence-electron chi connectivity index (χ2n) is 14.3. The summed E-state index contributed by atoms with van der Waals surface area (Å²) in [7, 11) is -3.77. The molecule has 4 aromatic carbocycles. The number of rotatable bonds is 25. The van der Waals surface area contributed by atoms with Crippen LogP contribution in [0.3, 0.4) is 0 Å². The summed E-state index contributed by atoms with van der Waals surface area (Å²) in [6.45, 7) is 4.11. The average molecular weight is 848 g/mol. The number of pyridine rings is 1. The Morgan fingerprint density at radius 1 is 0.689 bits per heavy atom. The summed E-state index contributed by atoms with van der Waals surface area (Å²) < 4.78 is 25.4. The van der Waals surface area contributed by atoms with Crippen molar-refractivity contribution in [2.75, 3.05) is 13.0 Å². The van der Waals surface area contributed by atoms with E-state index in [-0.39, 0.29) is 44.4 Å². The fourth-order valence-electron chi connectivity index (χ4n) is 6.52. The van der Waals surface area contributed by atoms with Gasteiger partial charge in [-0.3, -0.25) is 28.6 Å². The molecule has 5 aromatic rings. The highest BCUT2D eigenvalue weighted by Gasteiger charge is 2.32. The van der Waals surface area contributed by atoms with Crippen molar-refractivity contribution in [1.82, 2.24) is 26.0 Å². The maximum Gasteiger partial charge on any atom is 0.350 e. The van der Waals surface area contributed by atoms with Crippen LogP contribution in [0.2, 0.25) is 0 Å². The zero-order valence-electron chi connectivity index (χ0n) is 34.6. The number of carbonyl (C=O) groups is 4. The molecule has 4 amide bonds. The van der Waals surface area contributed by atoms with Crippen LogP contribution in [-0.4, -0.2) is 53.2 Å². The Morgan fingerprint density at radius 3 is 1.84 bits per heavy atom. The number of amides is 4. The van der Waals surface area contributed by atoms with Gasteiger partial charge in [0.05, 0.1) is 37.5 Å². The largest absolute Gasteiger partial charge is 0.350 e. The number of hydrogen-bond donors (Lipinski definition) is 3. The first kappa shape index (κ1) is 46.1. The highest BCUT2D eigenvalue weighted by atomic mass is 31.2. The number of aromatic nitrogens is 1. The van der Waals surface area contributed by atoms with Gasteiger partial charge in [-0.25, -0.2) is 10.0 Å². The van der Waals surface area contributed by atoms with E-state index in [1.807, 2.05) is 97.9 Å². The van der Waals surface area contributed by atoms with Gasteiger partial charge < -0.3 is 25.0 Å². The van der Waals surface area contributed by atoms with Gasteiger partial charge in [0.15, 0.2) is 0 Å². The summed E-state index contributed by atoms with van der Waals surface area (Å²) in [5.41, 5.74) is 4.09. The minimum absolute atomic E-state index is 0.0439. The Labute approximate surface area is 357 Å². The third kappa shape index (κ3) is 14.6. The number of hydroxylamine groups is 2. The molecule has 0 fully saturated rings. The standard InChI is InChI=1S/C47H54N5O8P/c1-3-5-9-23-41(44(4-2)52(35-53)58-30-36-17-10-6-11-18-36)46(55)48-33-49-47(56)43-25-16-24-42(51-43)39-26-28-40(29-27-39)45(54)50-34-61(57,59-31-37-19-12-7-13-20-37)60-32-38-21-14-8-15-22-38/h6-8,10-22,24-29,35,41,44H,3-5,9,23,30-34H2,1-2H3,(H,48,55)(H,49,56)(H,50,54)/t41-,44-/m1/s1. The van der Waals surface area contributed by atoms with Crippen LogP contribution in [-0.2, 0) is 47.9 Å². The molecule has 0 radical (unpaired) electrons. The minimum Gasteiger partial charge on any atom is -0.340 e. The molecule has 0 aliphatic heterocycles. The predicted octanol–water partition coefficient (Wildman–Crippen LogP) is 8.43. The van der Waals surface area contributed by atoms with Crippen molar-refractivity contribution in [3.8, 4) is 11.3 Å². The number of benzene rings is 4. The lowest BCUT2D eigenvalue weighted by Gasteiger charge is -2.32. The van der Waals surface area contributed by atoms with Crippen LogP contribution in [0.1, 0.15) is 83.5 Å². The first-order valence-corrected chi connectivity index (χ1v) is 22.2. The monoisotopic (exact) mass is 847 g/mol. The zero-order chi connectivity index (χ0) is 43.3. The van der Waals surface area contributed by atoms with E-state index in [1.54, 1.807) is 42.5 Å². The van der Waals surface area contributed by atoms with Crippen LogP contribution >= 0.6 is 7.60 Å². The molecule has 0 aliphatic carbocycles. The third-order valence-corrected chi connectivity index (χ3v) is 11.5. The van der Waals surface area contributed by atoms with Gasteiger partial charge >= 0.3 is 7.60 Å². The number of unbranched alkanes of at least 4 members (excludes halogenated alkanes) is 2. The molecule has 2 atom stereocenters. The summed E-state index contributed by atoms with van der Waals surface area (Å²) in [5.74, 6) is -1.84. The Balaban J connectivity index is 1.16. The molecular weight excluding hydrogens is 794 g/mol. The molecule has 61 heavy (non-hydrogen) atoms. The molecule has 1 heterocycles. The van der Waals surface area contributed by atoms with Crippen LogP contribution in [0.15, 0.2) is 133 Å². The summed E-state index contributed by atoms with van der Waals surface area (Å²) in [5, 5.41) is 9.48. The molecule has 3 N–H and O–H groups in total. The van der Waals surface area contributed by atoms with E-state index in [9.17, 15) is 23.7 Å². The summed E-state index contributed by atoms with van der Waals surface area (Å²) >= 11 is 0. The SMILES string of the molecule is CCCCC[C@@H](C(=O)NCNC(=O)c1cccc(-c2ccc(C(=O)NCP(=O)(OCc3ccccc3)OCc3ccccc3)cc2)n1)[C@@H](CC)N(C=O)OCc1ccccc1. The Morgan fingerprint density at radius 2 is 1.28 bits per heavy atom. The fourth-order valence-corrected chi connectivity index (χ4v) is 7.81. The van der Waals surface area contributed by atoms with Gasteiger partial charge in [0.1, 0.15) is 18.6 Å². The van der Waals surface area contributed by atoms with Crippen molar-refractivity contribution >= 4 is 31.7 Å². The normalized spacial score (nSPS) is 12.2. The molecular formula is C47H54N5O8P. The quantitative estimate of drug-likeness (QED) is 0.0172. The predicted molar refractivity (Wildman–Crippen MR) is 233 cm³/mol. The van der Waals surface area contributed by atoms with E-state index >= 15 is 0 Å². The molecule has 0 saturated carbocycles. The van der Waals surface area contributed by atoms with E-state index in [4.69, 9.17) is 13.9 Å². The van der Waals surface area contributed by atoms with Crippen molar-refractivity contribution in [2.24, 2.45) is 5.92 Å². The van der Waals surface area contributed by atoms with Crippen molar-refractivity contribution in [1.29, 1.82) is 0 Å². The molecule has 0 unspecified atom stereocenters. The Kier molecular flexibility index (Phi) is 18.4. The van der Waals surface area contributed by atoms with Gasteiger partial charge in [-0.1, -0.05) is 142 Å². The summed E-state index contributed by atoms with van der Waals surface area (Å²) in [6, 6.07) is 39.1. The first-order chi connectivity index (χ1) is 29.7. The minimum atomic E-state index is -3.77. The number of nitrogens with zero attached hydrogens (tertiary/aromatic N) is 2. The molecule has 13 nitrogen and oxygen atoms in total. The van der Waals surface area contributed by atoms with E-state index in [0.717, 1.165) is 36.0 Å². The lowest BCUT2D eigenvalue weighted by Crippen LogP contribution is -2.48. The summed E-state index contributed by atoms with van der Waals surface area (Å²) in [6.07, 6.45) is 4.00. The van der Waals surface area contributed by atoms with Gasteiger partial charge in [0, 0.05) is 11.1 Å². The maximum absolute atomic E-state index is 13.8. The number of nitrogens with one attached hydrogen (secondary N) is 3. The van der Waals surface area contributed by atoms with Gasteiger partial charge in [-0.05, 0) is 53.8 Å². The molecule has 5 rings (SSSR count). The van der Waals surface area contributed by atoms with Gasteiger partial charge in [0.25, 0.3) is 11.8 Å².